The van der Waals surface area contributed by atoms with Crippen molar-refractivity contribution < 1.29 is 9.53 Å². The summed E-state index contributed by atoms with van der Waals surface area (Å²) in [5.74, 6) is -0.0376. The van der Waals surface area contributed by atoms with Crippen LogP contribution < -0.4 is 5.32 Å². The summed E-state index contributed by atoms with van der Waals surface area (Å²) in [4.78, 5) is 11.9. The molecular weight excluding hydrogens is 190 g/mol. The summed E-state index contributed by atoms with van der Waals surface area (Å²) in [6, 6.07) is -0.105. The summed E-state index contributed by atoms with van der Waals surface area (Å²) in [6.07, 6.45) is 5.78. The maximum atomic E-state index is 11.9. The highest BCUT2D eigenvalue weighted by Crippen LogP contribution is 2.32. The highest BCUT2D eigenvalue weighted by molar-refractivity contribution is 5.77. The fourth-order valence-electron chi connectivity index (χ4n) is 2.33. The Labute approximate surface area is 91.6 Å². The first-order chi connectivity index (χ1) is 7.09. The SMILES string of the molecule is CC1(C)CCCNC1C(=O)OC1CCC1. The Morgan fingerprint density at radius 1 is 1.33 bits per heavy atom. The van der Waals surface area contributed by atoms with Crippen molar-refractivity contribution in [3.63, 3.8) is 0 Å². The lowest BCUT2D eigenvalue weighted by Gasteiger charge is -2.39. The fraction of sp³-hybridized carbons (Fsp3) is 0.917. The van der Waals surface area contributed by atoms with Crippen molar-refractivity contribution in [2.24, 2.45) is 5.41 Å². The summed E-state index contributed by atoms with van der Waals surface area (Å²) >= 11 is 0. The van der Waals surface area contributed by atoms with E-state index in [-0.39, 0.29) is 23.5 Å². The molecule has 2 fully saturated rings. The third-order valence-corrected chi connectivity index (χ3v) is 3.70. The lowest BCUT2D eigenvalue weighted by atomic mass is 9.77. The second kappa shape index (κ2) is 4.12. The maximum absolute atomic E-state index is 11.9. The monoisotopic (exact) mass is 211 g/mol. The highest BCUT2D eigenvalue weighted by Gasteiger charge is 2.39. The van der Waals surface area contributed by atoms with Crippen LogP contribution in [0, 0.1) is 5.41 Å². The van der Waals surface area contributed by atoms with Crippen molar-refractivity contribution in [2.45, 2.75) is 58.1 Å². The molecule has 1 aliphatic carbocycles. The number of carbonyl (C=O) groups is 1. The zero-order chi connectivity index (χ0) is 10.9. The van der Waals surface area contributed by atoms with Gasteiger partial charge in [0.2, 0.25) is 0 Å². The Bertz CT molecular complexity index is 246. The molecule has 15 heavy (non-hydrogen) atoms. The summed E-state index contributed by atoms with van der Waals surface area (Å²) in [6.45, 7) is 5.23. The zero-order valence-corrected chi connectivity index (χ0v) is 9.71. The van der Waals surface area contributed by atoms with Crippen LogP contribution in [0.3, 0.4) is 0 Å². The minimum Gasteiger partial charge on any atom is -0.461 e. The molecule has 0 spiro atoms. The van der Waals surface area contributed by atoms with E-state index in [0.717, 1.165) is 32.2 Å². The molecule has 0 bridgehead atoms. The molecule has 3 nitrogen and oxygen atoms in total. The van der Waals surface area contributed by atoms with Gasteiger partial charge >= 0.3 is 5.97 Å². The molecule has 0 radical (unpaired) electrons. The summed E-state index contributed by atoms with van der Waals surface area (Å²) in [7, 11) is 0. The third-order valence-electron chi connectivity index (χ3n) is 3.70. The van der Waals surface area contributed by atoms with Crippen molar-refractivity contribution in [3.8, 4) is 0 Å². The maximum Gasteiger partial charge on any atom is 0.323 e. The van der Waals surface area contributed by atoms with Gasteiger partial charge in [-0.15, -0.1) is 0 Å². The molecule has 1 unspecified atom stereocenters. The number of carbonyl (C=O) groups excluding carboxylic acids is 1. The zero-order valence-electron chi connectivity index (χ0n) is 9.71. The molecule has 1 N–H and O–H groups in total. The van der Waals surface area contributed by atoms with Crippen molar-refractivity contribution in [1.29, 1.82) is 0 Å². The van der Waals surface area contributed by atoms with E-state index >= 15 is 0 Å². The first kappa shape index (κ1) is 10.9. The predicted octanol–water partition coefficient (Wildman–Crippen LogP) is 1.86. The highest BCUT2D eigenvalue weighted by atomic mass is 16.5. The minimum absolute atomic E-state index is 0.0376. The van der Waals surface area contributed by atoms with Crippen molar-refractivity contribution in [3.05, 3.63) is 0 Å². The van der Waals surface area contributed by atoms with Gasteiger partial charge in [0.05, 0.1) is 0 Å². The fourth-order valence-corrected chi connectivity index (χ4v) is 2.33. The van der Waals surface area contributed by atoms with E-state index < -0.39 is 0 Å². The van der Waals surface area contributed by atoms with E-state index in [0.29, 0.717) is 0 Å². The molecule has 0 amide bonds. The van der Waals surface area contributed by atoms with Crippen LogP contribution in [0.2, 0.25) is 0 Å². The first-order valence-electron chi connectivity index (χ1n) is 6.03. The van der Waals surface area contributed by atoms with Gasteiger partial charge in [-0.1, -0.05) is 13.8 Å². The molecular formula is C12H21NO2. The Hall–Kier alpha value is -0.570. The molecule has 1 aliphatic heterocycles. The van der Waals surface area contributed by atoms with Gasteiger partial charge in [-0.2, -0.15) is 0 Å². The quantitative estimate of drug-likeness (QED) is 0.708. The standard InChI is InChI=1S/C12H21NO2/c1-12(2)7-4-8-13-10(12)11(14)15-9-5-3-6-9/h9-10,13H,3-8H2,1-2H3. The van der Waals surface area contributed by atoms with Crippen LogP contribution in [-0.4, -0.2) is 24.7 Å². The second-order valence-corrected chi connectivity index (χ2v) is 5.47. The molecule has 1 atom stereocenters. The number of hydrogen-bond acceptors (Lipinski definition) is 3. The van der Waals surface area contributed by atoms with Crippen LogP contribution in [0.4, 0.5) is 0 Å². The molecule has 2 aliphatic rings. The molecule has 0 aromatic carbocycles. The Morgan fingerprint density at radius 3 is 2.60 bits per heavy atom. The number of ether oxygens (including phenoxy) is 1. The number of rotatable bonds is 2. The second-order valence-electron chi connectivity index (χ2n) is 5.47. The van der Waals surface area contributed by atoms with Crippen molar-refractivity contribution >= 4 is 5.97 Å². The number of nitrogens with one attached hydrogen (secondary N) is 1. The predicted molar refractivity (Wildman–Crippen MR) is 58.5 cm³/mol. The third kappa shape index (κ3) is 2.33. The lowest BCUT2D eigenvalue weighted by molar-refractivity contribution is -0.159. The molecule has 0 aromatic rings. The van der Waals surface area contributed by atoms with E-state index in [1.165, 1.54) is 6.42 Å². The van der Waals surface area contributed by atoms with Gasteiger partial charge in [0.1, 0.15) is 12.1 Å². The average molecular weight is 211 g/mol. The van der Waals surface area contributed by atoms with Gasteiger partial charge in [-0.3, -0.25) is 4.79 Å². The topological polar surface area (TPSA) is 38.3 Å². The molecule has 1 saturated carbocycles. The Morgan fingerprint density at radius 2 is 2.07 bits per heavy atom. The average Bonchev–Trinajstić information content (AvgIpc) is 2.10. The first-order valence-corrected chi connectivity index (χ1v) is 6.03. The Kier molecular flexibility index (Phi) is 3.01. The summed E-state index contributed by atoms with van der Waals surface area (Å²) in [5, 5.41) is 3.29. The number of esters is 1. The van der Waals surface area contributed by atoms with Gasteiger partial charge in [0, 0.05) is 0 Å². The molecule has 0 aromatic heterocycles. The van der Waals surface area contributed by atoms with Gasteiger partial charge in [0.15, 0.2) is 0 Å². The number of hydrogen-bond donors (Lipinski definition) is 1. The Balaban J connectivity index is 1.91. The van der Waals surface area contributed by atoms with Gasteiger partial charge in [0.25, 0.3) is 0 Å². The van der Waals surface area contributed by atoms with Gasteiger partial charge in [-0.25, -0.2) is 0 Å². The van der Waals surface area contributed by atoms with Gasteiger partial charge in [-0.05, 0) is 44.1 Å². The van der Waals surface area contributed by atoms with E-state index in [2.05, 4.69) is 19.2 Å². The molecule has 1 saturated heterocycles. The van der Waals surface area contributed by atoms with E-state index in [1.54, 1.807) is 0 Å². The summed E-state index contributed by atoms with van der Waals surface area (Å²) < 4.78 is 5.46. The minimum atomic E-state index is -0.105. The molecule has 1 heterocycles. The van der Waals surface area contributed by atoms with Crippen LogP contribution in [0.15, 0.2) is 0 Å². The lowest BCUT2D eigenvalue weighted by Crippen LogP contribution is -2.53. The van der Waals surface area contributed by atoms with Crippen LogP contribution >= 0.6 is 0 Å². The van der Waals surface area contributed by atoms with Gasteiger partial charge < -0.3 is 10.1 Å². The summed E-state index contributed by atoms with van der Waals surface area (Å²) in [5.41, 5.74) is 0.0408. The van der Waals surface area contributed by atoms with E-state index in [4.69, 9.17) is 4.74 Å². The van der Waals surface area contributed by atoms with Crippen LogP contribution in [0.1, 0.15) is 46.0 Å². The van der Waals surface area contributed by atoms with E-state index in [1.807, 2.05) is 0 Å². The molecule has 3 heteroatoms. The van der Waals surface area contributed by atoms with Crippen molar-refractivity contribution in [1.82, 2.24) is 5.32 Å². The normalized spacial score (nSPS) is 30.7. The number of piperidine rings is 1. The smallest absolute Gasteiger partial charge is 0.323 e. The van der Waals surface area contributed by atoms with Crippen LogP contribution in [0.5, 0.6) is 0 Å². The van der Waals surface area contributed by atoms with Crippen molar-refractivity contribution in [2.75, 3.05) is 6.54 Å². The van der Waals surface area contributed by atoms with Crippen LogP contribution in [-0.2, 0) is 9.53 Å². The molecule has 2 rings (SSSR count). The van der Waals surface area contributed by atoms with Crippen LogP contribution in [0.25, 0.3) is 0 Å². The molecule has 86 valence electrons. The van der Waals surface area contributed by atoms with E-state index in [9.17, 15) is 4.79 Å². The largest absolute Gasteiger partial charge is 0.461 e.